The number of amides is 1. The number of hydrogen-bond donors (Lipinski definition) is 1. The van der Waals surface area contributed by atoms with Crippen LogP contribution in [-0.4, -0.2) is 36.5 Å². The molecule has 1 aromatic rings. The van der Waals surface area contributed by atoms with Crippen LogP contribution in [0.4, 0.5) is 0 Å². The number of nitrogens with zero attached hydrogens (tertiary/aromatic N) is 1. The number of piperidine rings is 1. The molecule has 1 amide bonds. The lowest BCUT2D eigenvalue weighted by Gasteiger charge is -2.32. The molecule has 3 rings (SSSR count). The van der Waals surface area contributed by atoms with Crippen molar-refractivity contribution in [3.05, 3.63) is 35.4 Å². The number of aryl methyl sites for hydroxylation is 1. The van der Waals surface area contributed by atoms with Crippen molar-refractivity contribution in [3.8, 4) is 0 Å². The maximum absolute atomic E-state index is 12.5. The Labute approximate surface area is 127 Å². The van der Waals surface area contributed by atoms with Crippen molar-refractivity contribution in [2.24, 2.45) is 5.92 Å². The molecule has 2 fully saturated rings. The molecular weight excluding hydrogens is 260 g/mol. The molecule has 0 spiro atoms. The third kappa shape index (κ3) is 3.85. The van der Waals surface area contributed by atoms with Crippen LogP contribution < -0.4 is 5.32 Å². The predicted octanol–water partition coefficient (Wildman–Crippen LogP) is 2.85. The van der Waals surface area contributed by atoms with Gasteiger partial charge in [0.15, 0.2) is 0 Å². The summed E-state index contributed by atoms with van der Waals surface area (Å²) >= 11 is 0. The minimum Gasteiger partial charge on any atom is -0.339 e. The number of hydrogen-bond acceptors (Lipinski definition) is 2. The third-order valence-corrected chi connectivity index (χ3v) is 4.78. The van der Waals surface area contributed by atoms with E-state index in [4.69, 9.17) is 0 Å². The Morgan fingerprint density at radius 1 is 1.14 bits per heavy atom. The molecule has 3 heteroatoms. The summed E-state index contributed by atoms with van der Waals surface area (Å²) in [6.07, 6.45) is 6.00. The van der Waals surface area contributed by atoms with Crippen molar-refractivity contribution in [1.29, 1.82) is 0 Å². The van der Waals surface area contributed by atoms with Crippen LogP contribution in [0.15, 0.2) is 24.3 Å². The van der Waals surface area contributed by atoms with Gasteiger partial charge in [0.25, 0.3) is 5.91 Å². The fraction of sp³-hybridized carbons (Fsp3) is 0.611. The van der Waals surface area contributed by atoms with Crippen molar-refractivity contribution in [2.45, 2.75) is 45.1 Å². The van der Waals surface area contributed by atoms with Crippen LogP contribution in [-0.2, 0) is 6.42 Å². The van der Waals surface area contributed by atoms with Crippen LogP contribution >= 0.6 is 0 Å². The Kier molecular flexibility index (Phi) is 4.59. The monoisotopic (exact) mass is 286 g/mol. The largest absolute Gasteiger partial charge is 0.339 e. The first-order valence-electron chi connectivity index (χ1n) is 8.38. The van der Waals surface area contributed by atoms with E-state index in [1.165, 1.54) is 24.9 Å². The average molecular weight is 286 g/mol. The maximum Gasteiger partial charge on any atom is 0.253 e. The highest BCUT2D eigenvalue weighted by Crippen LogP contribution is 2.28. The van der Waals surface area contributed by atoms with E-state index in [-0.39, 0.29) is 5.91 Å². The van der Waals surface area contributed by atoms with Crippen LogP contribution in [0.1, 0.15) is 48.5 Å². The second-order valence-corrected chi connectivity index (χ2v) is 6.47. The van der Waals surface area contributed by atoms with Crippen molar-refractivity contribution in [2.75, 3.05) is 19.6 Å². The second-order valence-electron chi connectivity index (χ2n) is 6.47. The minimum atomic E-state index is 0.193. The molecule has 0 atom stereocenters. The molecule has 1 N–H and O–H groups in total. The Morgan fingerprint density at radius 3 is 2.38 bits per heavy atom. The van der Waals surface area contributed by atoms with Crippen LogP contribution in [0.25, 0.3) is 0 Å². The Balaban J connectivity index is 1.49. The third-order valence-electron chi connectivity index (χ3n) is 4.78. The Bertz CT molecular complexity index is 470. The van der Waals surface area contributed by atoms with Gasteiger partial charge in [0.2, 0.25) is 0 Å². The van der Waals surface area contributed by atoms with Gasteiger partial charge in [-0.1, -0.05) is 19.1 Å². The molecule has 1 heterocycles. The van der Waals surface area contributed by atoms with Crippen LogP contribution in [0.3, 0.4) is 0 Å². The van der Waals surface area contributed by atoms with Crippen molar-refractivity contribution >= 4 is 5.91 Å². The SMILES string of the molecule is CCc1ccc(C(=O)N2CCC(NCC3CC3)CC2)cc1. The van der Waals surface area contributed by atoms with Crippen LogP contribution in [0.2, 0.25) is 0 Å². The number of benzene rings is 1. The Morgan fingerprint density at radius 2 is 1.81 bits per heavy atom. The van der Waals surface area contributed by atoms with E-state index in [1.54, 1.807) is 0 Å². The lowest BCUT2D eigenvalue weighted by molar-refractivity contribution is 0.0705. The fourth-order valence-corrected chi connectivity index (χ4v) is 3.01. The molecule has 114 valence electrons. The zero-order chi connectivity index (χ0) is 14.7. The number of likely N-dealkylation sites (tertiary alicyclic amines) is 1. The molecule has 1 aromatic carbocycles. The summed E-state index contributed by atoms with van der Waals surface area (Å²) in [6, 6.07) is 8.68. The standard InChI is InChI=1S/C18H26N2O/c1-2-14-5-7-16(8-6-14)18(21)20-11-9-17(10-12-20)19-13-15-3-4-15/h5-8,15,17,19H,2-4,9-13H2,1H3. The van der Waals surface area contributed by atoms with Gasteiger partial charge in [0, 0.05) is 24.7 Å². The van der Waals surface area contributed by atoms with Crippen molar-refractivity contribution in [1.82, 2.24) is 10.2 Å². The van der Waals surface area contributed by atoms with Crippen LogP contribution in [0, 0.1) is 5.92 Å². The Hall–Kier alpha value is -1.35. The van der Waals surface area contributed by atoms with E-state index in [0.29, 0.717) is 6.04 Å². The summed E-state index contributed by atoms with van der Waals surface area (Å²) in [4.78, 5) is 14.5. The van der Waals surface area contributed by atoms with Gasteiger partial charge >= 0.3 is 0 Å². The molecule has 2 aliphatic rings. The first-order chi connectivity index (χ1) is 10.3. The summed E-state index contributed by atoms with van der Waals surface area (Å²) in [5.74, 6) is 1.13. The van der Waals surface area contributed by atoms with Gasteiger partial charge in [-0.25, -0.2) is 0 Å². The minimum absolute atomic E-state index is 0.193. The molecule has 1 aliphatic heterocycles. The van der Waals surface area contributed by atoms with Gasteiger partial charge in [0.05, 0.1) is 0 Å². The molecule has 3 nitrogen and oxygen atoms in total. The first kappa shape index (κ1) is 14.6. The number of carbonyl (C=O) groups excluding carboxylic acids is 1. The average Bonchev–Trinajstić information content (AvgIpc) is 3.37. The molecular formula is C18H26N2O. The van der Waals surface area contributed by atoms with E-state index in [0.717, 1.165) is 43.8 Å². The molecule has 21 heavy (non-hydrogen) atoms. The normalized spacial score (nSPS) is 19.8. The van der Waals surface area contributed by atoms with Crippen LogP contribution in [0.5, 0.6) is 0 Å². The summed E-state index contributed by atoms with van der Waals surface area (Å²) in [7, 11) is 0. The molecule has 0 aromatic heterocycles. The predicted molar refractivity (Wildman–Crippen MR) is 85.5 cm³/mol. The van der Waals surface area contributed by atoms with Gasteiger partial charge in [-0.2, -0.15) is 0 Å². The smallest absolute Gasteiger partial charge is 0.253 e. The quantitative estimate of drug-likeness (QED) is 0.902. The molecule has 1 aliphatic carbocycles. The number of rotatable bonds is 5. The molecule has 1 saturated carbocycles. The van der Waals surface area contributed by atoms with E-state index in [9.17, 15) is 4.79 Å². The molecule has 0 unspecified atom stereocenters. The van der Waals surface area contributed by atoms with E-state index in [1.807, 2.05) is 17.0 Å². The van der Waals surface area contributed by atoms with E-state index in [2.05, 4.69) is 24.4 Å². The number of nitrogens with one attached hydrogen (secondary N) is 1. The molecule has 1 saturated heterocycles. The van der Waals surface area contributed by atoms with Crippen molar-refractivity contribution in [3.63, 3.8) is 0 Å². The summed E-state index contributed by atoms with van der Waals surface area (Å²) in [6.45, 7) is 5.08. The first-order valence-corrected chi connectivity index (χ1v) is 8.38. The summed E-state index contributed by atoms with van der Waals surface area (Å²) < 4.78 is 0. The van der Waals surface area contributed by atoms with Gasteiger partial charge in [0.1, 0.15) is 0 Å². The summed E-state index contributed by atoms with van der Waals surface area (Å²) in [5.41, 5.74) is 2.12. The van der Waals surface area contributed by atoms with E-state index < -0.39 is 0 Å². The van der Waals surface area contributed by atoms with Gasteiger partial charge in [-0.15, -0.1) is 0 Å². The van der Waals surface area contributed by atoms with E-state index >= 15 is 0 Å². The molecule has 0 bridgehead atoms. The number of carbonyl (C=O) groups is 1. The zero-order valence-electron chi connectivity index (χ0n) is 13.0. The van der Waals surface area contributed by atoms with Gasteiger partial charge in [-0.05, 0) is 62.3 Å². The van der Waals surface area contributed by atoms with Gasteiger partial charge < -0.3 is 10.2 Å². The lowest BCUT2D eigenvalue weighted by Crippen LogP contribution is -2.45. The zero-order valence-corrected chi connectivity index (χ0v) is 13.0. The topological polar surface area (TPSA) is 32.3 Å². The fourth-order valence-electron chi connectivity index (χ4n) is 3.01. The lowest BCUT2D eigenvalue weighted by atomic mass is 10.0. The molecule has 0 radical (unpaired) electrons. The second kappa shape index (κ2) is 6.61. The maximum atomic E-state index is 12.5. The van der Waals surface area contributed by atoms with Crippen molar-refractivity contribution < 1.29 is 4.79 Å². The van der Waals surface area contributed by atoms with Gasteiger partial charge in [-0.3, -0.25) is 4.79 Å². The summed E-state index contributed by atoms with van der Waals surface area (Å²) in [5, 5.41) is 3.66. The highest BCUT2D eigenvalue weighted by molar-refractivity contribution is 5.94. The highest BCUT2D eigenvalue weighted by atomic mass is 16.2. The highest BCUT2D eigenvalue weighted by Gasteiger charge is 2.26.